The molecule has 2 nitrogen and oxygen atoms in total. The van der Waals surface area contributed by atoms with Crippen molar-refractivity contribution in [3.8, 4) is 22.5 Å². The molecule has 1 aromatic heterocycles. The summed E-state index contributed by atoms with van der Waals surface area (Å²) in [5.74, 6) is 1.94. The van der Waals surface area contributed by atoms with E-state index in [0.717, 1.165) is 34.9 Å². The lowest BCUT2D eigenvalue weighted by atomic mass is 9.82. The summed E-state index contributed by atoms with van der Waals surface area (Å²) in [4.78, 5) is 2.33. The Morgan fingerprint density at radius 3 is 1.92 bits per heavy atom. The molecule has 0 fully saturated rings. The molecule has 0 saturated carbocycles. The topological polar surface area (TPSA) is 16.4 Å². The van der Waals surface area contributed by atoms with Gasteiger partial charge in [-0.1, -0.05) is 93.6 Å². The quantitative estimate of drug-likeness (QED) is 0.226. The Hall–Kier alpha value is -4.30. The minimum Gasteiger partial charge on any atom is -0.460 e. The molecule has 5 aromatic rings. The Kier molecular flexibility index (Phi) is 6.27. The van der Waals surface area contributed by atoms with E-state index < -0.39 is 0 Å². The van der Waals surface area contributed by atoms with E-state index >= 15 is 0 Å². The third-order valence-electron chi connectivity index (χ3n) is 8.31. The fourth-order valence-electron chi connectivity index (χ4n) is 6.06. The molecule has 1 heterocycles. The van der Waals surface area contributed by atoms with Crippen LogP contribution in [0.15, 0.2) is 119 Å². The highest BCUT2D eigenvalue weighted by molar-refractivity contribution is 5.84. The summed E-state index contributed by atoms with van der Waals surface area (Å²) >= 11 is 0. The fraction of sp³-hybridized carbons (Fsp3) is 0.189. The highest BCUT2D eigenvalue weighted by Crippen LogP contribution is 2.49. The lowest BCUT2D eigenvalue weighted by molar-refractivity contribution is 0.528. The van der Waals surface area contributed by atoms with E-state index in [1.54, 1.807) is 0 Å². The second-order valence-corrected chi connectivity index (χ2v) is 10.9. The van der Waals surface area contributed by atoms with E-state index in [9.17, 15) is 0 Å². The van der Waals surface area contributed by atoms with Crippen molar-refractivity contribution >= 4 is 16.9 Å². The van der Waals surface area contributed by atoms with Gasteiger partial charge in [-0.25, -0.2) is 0 Å². The van der Waals surface area contributed by atoms with Crippen LogP contribution in [0.5, 0.6) is 0 Å². The molecule has 0 bridgehead atoms. The van der Waals surface area contributed by atoms with Crippen LogP contribution in [0.1, 0.15) is 57.1 Å². The smallest absolute Gasteiger partial charge is 0.134 e. The second kappa shape index (κ2) is 9.78. The van der Waals surface area contributed by atoms with Gasteiger partial charge in [-0.3, -0.25) is 0 Å². The van der Waals surface area contributed by atoms with Crippen molar-refractivity contribution in [1.29, 1.82) is 0 Å². The summed E-state index contributed by atoms with van der Waals surface area (Å²) in [5, 5.41) is 0. The number of furan rings is 1. The molecule has 0 unspecified atom stereocenters. The van der Waals surface area contributed by atoms with Gasteiger partial charge >= 0.3 is 0 Å². The first kappa shape index (κ1) is 25.0. The highest BCUT2D eigenvalue weighted by atomic mass is 16.3. The van der Waals surface area contributed by atoms with E-state index in [1.165, 1.54) is 39.1 Å². The van der Waals surface area contributed by atoms with Crippen LogP contribution in [-0.4, -0.2) is 0 Å². The average molecular weight is 510 g/mol. The summed E-state index contributed by atoms with van der Waals surface area (Å²) in [7, 11) is 0. The number of rotatable bonds is 6. The van der Waals surface area contributed by atoms with Crippen LogP contribution in [-0.2, 0) is 11.8 Å². The van der Waals surface area contributed by atoms with E-state index in [1.807, 2.05) is 0 Å². The second-order valence-electron chi connectivity index (χ2n) is 10.9. The predicted molar refractivity (Wildman–Crippen MR) is 164 cm³/mol. The van der Waals surface area contributed by atoms with Gasteiger partial charge in [0.05, 0.1) is 0 Å². The zero-order chi connectivity index (χ0) is 27.1. The number of hydrogen-bond acceptors (Lipinski definition) is 2. The molecule has 0 saturated heterocycles. The van der Waals surface area contributed by atoms with E-state index in [2.05, 4.69) is 149 Å². The van der Waals surface area contributed by atoms with Crippen LogP contribution >= 0.6 is 0 Å². The molecule has 1 aliphatic carbocycles. The molecule has 6 rings (SSSR count). The highest BCUT2D eigenvalue weighted by Gasteiger charge is 2.35. The molecule has 0 aliphatic heterocycles. The maximum Gasteiger partial charge on any atom is 0.134 e. The van der Waals surface area contributed by atoms with Gasteiger partial charge in [0, 0.05) is 40.0 Å². The molecule has 0 radical (unpaired) electrons. The maximum absolute atomic E-state index is 6.56. The number of para-hydroxylation sites is 2. The van der Waals surface area contributed by atoms with Crippen LogP contribution in [0.2, 0.25) is 0 Å². The van der Waals surface area contributed by atoms with Gasteiger partial charge in [0.25, 0.3) is 0 Å². The van der Waals surface area contributed by atoms with Gasteiger partial charge < -0.3 is 9.32 Å². The van der Waals surface area contributed by atoms with Crippen LogP contribution in [0.25, 0.3) is 28.0 Å². The molecule has 0 spiro atoms. The van der Waals surface area contributed by atoms with Crippen LogP contribution < -0.4 is 4.90 Å². The third-order valence-corrected chi connectivity index (χ3v) is 8.31. The third kappa shape index (κ3) is 4.21. The van der Waals surface area contributed by atoms with Gasteiger partial charge in [-0.15, -0.1) is 0 Å². The first-order valence-electron chi connectivity index (χ1n) is 13.9. The molecule has 2 heteroatoms. The summed E-state index contributed by atoms with van der Waals surface area (Å²) in [5.41, 5.74) is 12.4. The van der Waals surface area contributed by atoms with Crippen molar-refractivity contribution in [3.05, 3.63) is 137 Å². The fourth-order valence-corrected chi connectivity index (χ4v) is 6.06. The molecule has 4 aromatic carbocycles. The largest absolute Gasteiger partial charge is 0.460 e. The Bertz CT molecular complexity index is 1630. The molecule has 39 heavy (non-hydrogen) atoms. The number of hydrogen-bond donors (Lipinski definition) is 0. The molecule has 0 atom stereocenters. The monoisotopic (exact) mass is 509 g/mol. The molecule has 1 aliphatic rings. The minimum atomic E-state index is -0.0385. The van der Waals surface area contributed by atoms with Gasteiger partial charge in [0.1, 0.15) is 11.5 Å². The summed E-state index contributed by atoms with van der Waals surface area (Å²) < 4.78 is 6.56. The van der Waals surface area contributed by atoms with Crippen molar-refractivity contribution < 1.29 is 4.42 Å². The van der Waals surface area contributed by atoms with Crippen molar-refractivity contribution in [1.82, 2.24) is 0 Å². The maximum atomic E-state index is 6.56. The first-order chi connectivity index (χ1) is 18.9. The summed E-state index contributed by atoms with van der Waals surface area (Å²) in [6, 6.07) is 39.0. The number of nitrogens with zero attached hydrogens (tertiary/aromatic N) is 1. The number of benzene rings is 4. The van der Waals surface area contributed by atoms with Crippen molar-refractivity contribution in [2.45, 2.75) is 46.5 Å². The molecule has 0 N–H and O–H groups in total. The molecular weight excluding hydrogens is 474 g/mol. The van der Waals surface area contributed by atoms with E-state index in [4.69, 9.17) is 4.42 Å². The molecule has 194 valence electrons. The normalized spacial score (nSPS) is 14.0. The van der Waals surface area contributed by atoms with E-state index in [0.29, 0.717) is 0 Å². The van der Waals surface area contributed by atoms with Crippen molar-refractivity contribution in [3.63, 3.8) is 0 Å². The van der Waals surface area contributed by atoms with Crippen molar-refractivity contribution in [2.75, 3.05) is 4.90 Å². The van der Waals surface area contributed by atoms with Crippen LogP contribution in [0, 0.1) is 0 Å². The Morgan fingerprint density at radius 2 is 1.28 bits per heavy atom. The Morgan fingerprint density at radius 1 is 0.692 bits per heavy atom. The number of anilines is 2. The zero-order valence-corrected chi connectivity index (χ0v) is 23.5. The van der Waals surface area contributed by atoms with Gasteiger partial charge in [-0.05, 0) is 78.1 Å². The zero-order valence-electron chi connectivity index (χ0n) is 23.5. The van der Waals surface area contributed by atoms with Crippen LogP contribution in [0.4, 0.5) is 11.4 Å². The molecular formula is C37H35NO. The lowest BCUT2D eigenvalue weighted by Gasteiger charge is -2.27. The first-order valence-corrected chi connectivity index (χ1v) is 13.9. The average Bonchev–Trinajstić information content (AvgIpc) is 3.51. The van der Waals surface area contributed by atoms with E-state index in [-0.39, 0.29) is 5.41 Å². The minimum absolute atomic E-state index is 0.0385. The van der Waals surface area contributed by atoms with Gasteiger partial charge in [0.2, 0.25) is 0 Å². The standard InChI is InChI=1S/C37H35NO/c1-6-35-32(25(2)26(3)38(28-15-9-7-10-16-28)29-17-11-8-12-18-29)24-36(39-35)27-21-22-31-30-19-13-14-20-33(30)37(4,5)34(31)23-27/h7-24H,6H2,1-5H3/b26-25-. The summed E-state index contributed by atoms with van der Waals surface area (Å²) in [6.45, 7) is 11.2. The van der Waals surface area contributed by atoms with Gasteiger partial charge in [-0.2, -0.15) is 0 Å². The predicted octanol–water partition coefficient (Wildman–Crippen LogP) is 10.4. The Labute approximate surface area is 232 Å². The number of allylic oxidation sites excluding steroid dienone is 2. The van der Waals surface area contributed by atoms with Crippen molar-refractivity contribution in [2.24, 2.45) is 0 Å². The number of aryl methyl sites for hydroxylation is 1. The SMILES string of the molecule is CCc1oc(-c2ccc3c(c2)C(C)(C)c2ccccc2-3)cc1/C(C)=C(/C)N(c1ccccc1)c1ccccc1. The molecule has 0 amide bonds. The Balaban J connectivity index is 1.44. The van der Waals surface area contributed by atoms with Crippen LogP contribution in [0.3, 0.4) is 0 Å². The number of fused-ring (bicyclic) bond motifs is 3. The lowest BCUT2D eigenvalue weighted by Crippen LogP contribution is -2.15. The summed E-state index contributed by atoms with van der Waals surface area (Å²) in [6.07, 6.45) is 0.832. The van der Waals surface area contributed by atoms with Gasteiger partial charge in [0.15, 0.2) is 0 Å².